The van der Waals surface area contributed by atoms with Gasteiger partial charge in [-0.1, -0.05) is 44.2 Å². The van der Waals surface area contributed by atoms with Crippen LogP contribution >= 0.6 is 0 Å². The van der Waals surface area contributed by atoms with E-state index in [2.05, 4.69) is 70.9 Å². The monoisotopic (exact) mass is 377 g/mol. The van der Waals surface area contributed by atoms with Crippen LogP contribution in [0, 0.1) is 6.92 Å². The fourth-order valence-electron chi connectivity index (χ4n) is 3.06. The lowest BCUT2D eigenvalue weighted by atomic mass is 9.98. The van der Waals surface area contributed by atoms with Crippen LogP contribution in [0.5, 0.6) is 5.75 Å². The van der Waals surface area contributed by atoms with Gasteiger partial charge in [0.15, 0.2) is 5.82 Å². The molecule has 2 N–H and O–H groups in total. The molecule has 0 aliphatic rings. The van der Waals surface area contributed by atoms with Gasteiger partial charge in [-0.15, -0.1) is 5.10 Å². The summed E-state index contributed by atoms with van der Waals surface area (Å²) in [6, 6.07) is 14.4. The number of aryl methyl sites for hydroxylation is 1. The third kappa shape index (κ3) is 4.97. The molecule has 6 nitrogen and oxygen atoms in total. The standard InChI is InChI=1S/C22H27N5O/c1-15(2)19-10-5-7-16(3)21(19)26-22-25-20(14-24-27-22)23-12-11-17-8-6-9-18(13-17)28-4/h5-10,13-15H,11-12H2,1-4H3,(H2,23,25,26,27). The number of ether oxygens (including phenoxy) is 1. The number of hydrogen-bond donors (Lipinski definition) is 2. The van der Waals surface area contributed by atoms with E-state index in [1.54, 1.807) is 13.3 Å². The van der Waals surface area contributed by atoms with E-state index in [-0.39, 0.29) is 0 Å². The second-order valence-corrected chi connectivity index (χ2v) is 7.01. The highest BCUT2D eigenvalue weighted by Crippen LogP contribution is 2.29. The summed E-state index contributed by atoms with van der Waals surface area (Å²) >= 11 is 0. The van der Waals surface area contributed by atoms with E-state index in [9.17, 15) is 0 Å². The Morgan fingerprint density at radius 1 is 1.11 bits per heavy atom. The predicted octanol–water partition coefficient (Wildman–Crippen LogP) is 4.71. The first kappa shape index (κ1) is 19.6. The number of anilines is 3. The smallest absolute Gasteiger partial charge is 0.249 e. The van der Waals surface area contributed by atoms with Gasteiger partial charge in [-0.25, -0.2) is 0 Å². The summed E-state index contributed by atoms with van der Waals surface area (Å²) in [6.45, 7) is 7.18. The van der Waals surface area contributed by atoms with Crippen LogP contribution in [0.15, 0.2) is 48.7 Å². The quantitative estimate of drug-likeness (QED) is 0.592. The topological polar surface area (TPSA) is 72.0 Å². The van der Waals surface area contributed by atoms with Crippen molar-refractivity contribution in [2.24, 2.45) is 0 Å². The van der Waals surface area contributed by atoms with Crippen LogP contribution in [0.1, 0.15) is 36.5 Å². The molecule has 0 spiro atoms. The fraction of sp³-hybridized carbons (Fsp3) is 0.318. The van der Waals surface area contributed by atoms with Crippen LogP contribution in [0.4, 0.5) is 17.5 Å². The van der Waals surface area contributed by atoms with E-state index in [1.807, 2.05) is 18.2 Å². The van der Waals surface area contributed by atoms with Gasteiger partial charge in [0, 0.05) is 12.2 Å². The van der Waals surface area contributed by atoms with E-state index in [1.165, 1.54) is 11.1 Å². The summed E-state index contributed by atoms with van der Waals surface area (Å²) in [5.41, 5.74) is 4.65. The molecular weight excluding hydrogens is 350 g/mol. The number of benzene rings is 2. The zero-order chi connectivity index (χ0) is 19.9. The maximum Gasteiger partial charge on any atom is 0.249 e. The normalized spacial score (nSPS) is 10.8. The summed E-state index contributed by atoms with van der Waals surface area (Å²) in [6.07, 6.45) is 2.50. The maximum atomic E-state index is 5.27. The Bertz CT molecular complexity index is 926. The molecule has 1 aromatic heterocycles. The molecular formula is C22H27N5O. The molecule has 0 fully saturated rings. The Hall–Kier alpha value is -3.15. The van der Waals surface area contributed by atoms with E-state index < -0.39 is 0 Å². The molecule has 0 aliphatic heterocycles. The van der Waals surface area contributed by atoms with Gasteiger partial charge in [-0.2, -0.15) is 10.1 Å². The number of nitrogens with one attached hydrogen (secondary N) is 2. The van der Waals surface area contributed by atoms with Crippen LogP contribution in [-0.2, 0) is 6.42 Å². The highest BCUT2D eigenvalue weighted by Gasteiger charge is 2.11. The van der Waals surface area contributed by atoms with Crippen molar-refractivity contribution < 1.29 is 4.74 Å². The zero-order valence-electron chi connectivity index (χ0n) is 16.9. The van der Waals surface area contributed by atoms with Gasteiger partial charge < -0.3 is 15.4 Å². The molecule has 0 aliphatic carbocycles. The SMILES string of the molecule is COc1cccc(CCNc2cnnc(Nc3c(C)cccc3C(C)C)n2)c1. The minimum Gasteiger partial charge on any atom is -0.497 e. The molecule has 0 atom stereocenters. The van der Waals surface area contributed by atoms with Crippen molar-refractivity contribution in [1.29, 1.82) is 0 Å². The molecule has 146 valence electrons. The van der Waals surface area contributed by atoms with Crippen LogP contribution in [0.25, 0.3) is 0 Å². The number of methoxy groups -OCH3 is 1. The highest BCUT2D eigenvalue weighted by atomic mass is 16.5. The zero-order valence-corrected chi connectivity index (χ0v) is 16.9. The van der Waals surface area contributed by atoms with Crippen molar-refractivity contribution in [2.75, 3.05) is 24.3 Å². The second-order valence-electron chi connectivity index (χ2n) is 7.01. The average molecular weight is 377 g/mol. The van der Waals surface area contributed by atoms with Crippen LogP contribution in [-0.4, -0.2) is 28.8 Å². The van der Waals surface area contributed by atoms with Crippen molar-refractivity contribution in [3.63, 3.8) is 0 Å². The molecule has 0 unspecified atom stereocenters. The van der Waals surface area contributed by atoms with Gasteiger partial charge in [0.25, 0.3) is 0 Å². The summed E-state index contributed by atoms with van der Waals surface area (Å²) in [7, 11) is 1.68. The molecule has 3 rings (SSSR count). The molecule has 28 heavy (non-hydrogen) atoms. The molecule has 3 aromatic rings. The van der Waals surface area contributed by atoms with Crippen LogP contribution in [0.2, 0.25) is 0 Å². The molecule has 0 saturated carbocycles. The first-order valence-electron chi connectivity index (χ1n) is 9.50. The second kappa shape index (κ2) is 9.17. The minimum absolute atomic E-state index is 0.402. The molecule has 1 heterocycles. The lowest BCUT2D eigenvalue weighted by Gasteiger charge is -2.16. The van der Waals surface area contributed by atoms with Gasteiger partial charge >= 0.3 is 0 Å². The van der Waals surface area contributed by atoms with Crippen molar-refractivity contribution in [2.45, 2.75) is 33.1 Å². The Labute approximate surface area is 166 Å². The largest absolute Gasteiger partial charge is 0.497 e. The van der Waals surface area contributed by atoms with Crippen LogP contribution in [0.3, 0.4) is 0 Å². The summed E-state index contributed by atoms with van der Waals surface area (Å²) < 4.78 is 5.27. The van der Waals surface area contributed by atoms with E-state index in [0.29, 0.717) is 17.7 Å². The summed E-state index contributed by atoms with van der Waals surface area (Å²) in [5, 5.41) is 14.9. The minimum atomic E-state index is 0.402. The number of aromatic nitrogens is 3. The van der Waals surface area contributed by atoms with Gasteiger partial charge in [0.05, 0.1) is 13.3 Å². The van der Waals surface area contributed by atoms with Gasteiger partial charge in [0.2, 0.25) is 5.95 Å². The highest BCUT2D eigenvalue weighted by molar-refractivity contribution is 5.64. The van der Waals surface area contributed by atoms with E-state index in [4.69, 9.17) is 4.74 Å². The van der Waals surface area contributed by atoms with Crippen molar-refractivity contribution >= 4 is 17.5 Å². The Morgan fingerprint density at radius 3 is 2.71 bits per heavy atom. The van der Waals surface area contributed by atoms with Crippen molar-refractivity contribution in [1.82, 2.24) is 15.2 Å². The predicted molar refractivity (Wildman–Crippen MR) is 114 cm³/mol. The maximum absolute atomic E-state index is 5.27. The van der Waals surface area contributed by atoms with Crippen molar-refractivity contribution in [3.05, 3.63) is 65.4 Å². The summed E-state index contributed by atoms with van der Waals surface area (Å²) in [4.78, 5) is 4.55. The molecule has 6 heteroatoms. The first-order valence-corrected chi connectivity index (χ1v) is 9.50. The number of rotatable bonds is 8. The third-order valence-electron chi connectivity index (χ3n) is 4.58. The molecule has 0 saturated heterocycles. The van der Waals surface area contributed by atoms with E-state index >= 15 is 0 Å². The molecule has 0 radical (unpaired) electrons. The van der Waals surface area contributed by atoms with Crippen molar-refractivity contribution in [3.8, 4) is 5.75 Å². The third-order valence-corrected chi connectivity index (χ3v) is 4.58. The Kier molecular flexibility index (Phi) is 6.42. The Balaban J connectivity index is 1.66. The number of para-hydroxylation sites is 1. The summed E-state index contributed by atoms with van der Waals surface area (Å²) in [5.74, 6) is 2.45. The molecule has 0 bridgehead atoms. The van der Waals surface area contributed by atoms with Gasteiger partial charge in [-0.3, -0.25) is 0 Å². The number of nitrogens with zero attached hydrogens (tertiary/aromatic N) is 3. The average Bonchev–Trinajstić information content (AvgIpc) is 2.70. The number of hydrogen-bond acceptors (Lipinski definition) is 6. The van der Waals surface area contributed by atoms with E-state index in [0.717, 1.165) is 30.0 Å². The van der Waals surface area contributed by atoms with Gasteiger partial charge in [0.1, 0.15) is 5.75 Å². The lowest BCUT2D eigenvalue weighted by molar-refractivity contribution is 0.414. The van der Waals surface area contributed by atoms with Gasteiger partial charge in [-0.05, 0) is 48.1 Å². The lowest BCUT2D eigenvalue weighted by Crippen LogP contribution is -2.09. The van der Waals surface area contributed by atoms with Crippen LogP contribution < -0.4 is 15.4 Å². The first-order chi connectivity index (χ1) is 13.6. The molecule has 2 aromatic carbocycles. The molecule has 0 amide bonds. The Morgan fingerprint density at radius 2 is 1.93 bits per heavy atom. The fourth-order valence-corrected chi connectivity index (χ4v) is 3.06.